The summed E-state index contributed by atoms with van der Waals surface area (Å²) in [5.74, 6) is -0.310. The molecule has 5 atom stereocenters. The summed E-state index contributed by atoms with van der Waals surface area (Å²) in [6.45, 7) is 0.714. The molecule has 0 radical (unpaired) electrons. The molecule has 140 valence electrons. The Bertz CT molecular complexity index is 652. The van der Waals surface area contributed by atoms with E-state index in [-0.39, 0.29) is 18.6 Å². The molecule has 0 aromatic heterocycles. The number of ether oxygens (including phenoxy) is 2. The summed E-state index contributed by atoms with van der Waals surface area (Å²) < 4.78 is 12.1. The normalized spacial score (nSPS) is 28.8. The van der Waals surface area contributed by atoms with Gasteiger partial charge in [0.05, 0.1) is 30.8 Å². The Morgan fingerprint density at radius 3 is 1.96 bits per heavy atom. The molecule has 3 rings (SSSR count). The van der Waals surface area contributed by atoms with Crippen molar-refractivity contribution in [1.82, 2.24) is 0 Å². The minimum atomic E-state index is -0.820. The minimum absolute atomic E-state index is 0.124. The van der Waals surface area contributed by atoms with Gasteiger partial charge in [-0.3, -0.25) is 0 Å². The van der Waals surface area contributed by atoms with E-state index in [1.807, 2.05) is 60.7 Å². The third-order valence-corrected chi connectivity index (χ3v) is 5.36. The molecule has 0 bridgehead atoms. The van der Waals surface area contributed by atoms with Crippen LogP contribution in [0.4, 0.5) is 0 Å². The SMILES string of the molecule is OC[C@@H]1C[C@@H](OCc2ccccc2)[C@@H](OCc2ccccc2)[C@@H](Cl)[C@@H]1O. The van der Waals surface area contributed by atoms with Crippen LogP contribution in [0.15, 0.2) is 60.7 Å². The highest BCUT2D eigenvalue weighted by atomic mass is 35.5. The van der Waals surface area contributed by atoms with E-state index < -0.39 is 17.6 Å². The van der Waals surface area contributed by atoms with Gasteiger partial charge in [-0.2, -0.15) is 0 Å². The fourth-order valence-electron chi connectivity index (χ4n) is 3.32. The number of aliphatic hydroxyl groups is 2. The van der Waals surface area contributed by atoms with Crippen molar-refractivity contribution in [2.45, 2.75) is 43.3 Å². The lowest BCUT2D eigenvalue weighted by Gasteiger charge is -2.41. The molecule has 2 N–H and O–H groups in total. The highest BCUT2D eigenvalue weighted by molar-refractivity contribution is 6.21. The molecule has 0 aliphatic heterocycles. The molecule has 1 aliphatic rings. The molecular formula is C21H25ClO4. The van der Waals surface area contributed by atoms with Crippen molar-refractivity contribution >= 4 is 11.6 Å². The van der Waals surface area contributed by atoms with Crippen molar-refractivity contribution in [2.75, 3.05) is 6.61 Å². The van der Waals surface area contributed by atoms with Crippen LogP contribution in [-0.4, -0.2) is 40.5 Å². The van der Waals surface area contributed by atoms with Crippen LogP contribution in [0, 0.1) is 5.92 Å². The van der Waals surface area contributed by atoms with Crippen molar-refractivity contribution in [1.29, 1.82) is 0 Å². The van der Waals surface area contributed by atoms with Gasteiger partial charge in [0.25, 0.3) is 0 Å². The Balaban J connectivity index is 1.68. The lowest BCUT2D eigenvalue weighted by atomic mass is 9.82. The first-order chi connectivity index (χ1) is 12.7. The van der Waals surface area contributed by atoms with E-state index in [0.717, 1.165) is 11.1 Å². The third-order valence-electron chi connectivity index (χ3n) is 4.85. The topological polar surface area (TPSA) is 58.9 Å². The van der Waals surface area contributed by atoms with E-state index >= 15 is 0 Å². The summed E-state index contributed by atoms with van der Waals surface area (Å²) in [5, 5.41) is 19.3. The Kier molecular flexibility index (Phi) is 7.06. The molecule has 1 fully saturated rings. The van der Waals surface area contributed by atoms with E-state index in [4.69, 9.17) is 21.1 Å². The lowest BCUT2D eigenvalue weighted by Crippen LogP contribution is -2.53. The summed E-state index contributed by atoms with van der Waals surface area (Å²) in [5.41, 5.74) is 2.10. The van der Waals surface area contributed by atoms with Gasteiger partial charge in [0.1, 0.15) is 6.10 Å². The number of hydrogen-bond acceptors (Lipinski definition) is 4. The lowest BCUT2D eigenvalue weighted by molar-refractivity contribution is -0.142. The predicted molar refractivity (Wildman–Crippen MR) is 101 cm³/mol. The first-order valence-electron chi connectivity index (χ1n) is 8.93. The van der Waals surface area contributed by atoms with E-state index in [1.165, 1.54) is 0 Å². The third kappa shape index (κ3) is 4.84. The first-order valence-corrected chi connectivity index (χ1v) is 9.36. The molecule has 0 amide bonds. The van der Waals surface area contributed by atoms with E-state index in [1.54, 1.807) is 0 Å². The van der Waals surface area contributed by atoms with Gasteiger partial charge in [-0.1, -0.05) is 60.7 Å². The molecule has 4 nitrogen and oxygen atoms in total. The standard InChI is InChI=1S/C21H25ClO4/c22-19-20(24)17(12-23)11-18(25-13-15-7-3-1-4-8-15)21(19)26-14-16-9-5-2-6-10-16/h1-10,17-21,23-24H,11-14H2/t17-,18+,19-,20+,21+/m0/s1. The van der Waals surface area contributed by atoms with Gasteiger partial charge >= 0.3 is 0 Å². The maximum absolute atomic E-state index is 10.4. The maximum Gasteiger partial charge on any atom is 0.103 e. The average Bonchev–Trinajstić information content (AvgIpc) is 2.69. The zero-order valence-corrected chi connectivity index (χ0v) is 15.3. The van der Waals surface area contributed by atoms with E-state index in [2.05, 4.69) is 0 Å². The van der Waals surface area contributed by atoms with Gasteiger partial charge in [-0.25, -0.2) is 0 Å². The Morgan fingerprint density at radius 1 is 0.885 bits per heavy atom. The summed E-state index contributed by atoms with van der Waals surface area (Å²) in [7, 11) is 0. The second kappa shape index (κ2) is 9.49. The number of rotatable bonds is 7. The molecule has 0 spiro atoms. The number of benzene rings is 2. The van der Waals surface area contributed by atoms with Crippen LogP contribution in [0.3, 0.4) is 0 Å². The average molecular weight is 377 g/mol. The van der Waals surface area contributed by atoms with Crippen molar-refractivity contribution in [3.8, 4) is 0 Å². The Labute approximate surface area is 159 Å². The van der Waals surface area contributed by atoms with Crippen LogP contribution in [0.2, 0.25) is 0 Å². The zero-order valence-electron chi connectivity index (χ0n) is 14.6. The molecule has 1 saturated carbocycles. The van der Waals surface area contributed by atoms with Gasteiger partial charge in [0, 0.05) is 12.5 Å². The molecule has 5 heteroatoms. The first kappa shape index (κ1) is 19.3. The van der Waals surface area contributed by atoms with Gasteiger partial charge in [0.2, 0.25) is 0 Å². The van der Waals surface area contributed by atoms with Crippen LogP contribution in [-0.2, 0) is 22.7 Å². The van der Waals surface area contributed by atoms with Crippen LogP contribution in [0.1, 0.15) is 17.5 Å². The molecular weight excluding hydrogens is 352 g/mol. The van der Waals surface area contributed by atoms with Gasteiger partial charge < -0.3 is 19.7 Å². The molecule has 2 aromatic carbocycles. The number of halogens is 1. The molecule has 26 heavy (non-hydrogen) atoms. The summed E-state index contributed by atoms with van der Waals surface area (Å²) in [6, 6.07) is 19.7. The second-order valence-corrected chi connectivity index (χ2v) is 7.21. The Hall–Kier alpha value is -1.43. The van der Waals surface area contributed by atoms with Crippen LogP contribution >= 0.6 is 11.6 Å². The monoisotopic (exact) mass is 376 g/mol. The van der Waals surface area contributed by atoms with Crippen molar-refractivity contribution < 1.29 is 19.7 Å². The zero-order chi connectivity index (χ0) is 18.4. The summed E-state index contributed by atoms with van der Waals surface area (Å²) >= 11 is 6.48. The van der Waals surface area contributed by atoms with Gasteiger partial charge in [-0.05, 0) is 17.5 Å². The van der Waals surface area contributed by atoms with Crippen LogP contribution in [0.5, 0.6) is 0 Å². The molecule has 0 saturated heterocycles. The summed E-state index contributed by atoms with van der Waals surface area (Å²) in [4.78, 5) is 0. The van der Waals surface area contributed by atoms with Crippen molar-refractivity contribution in [3.63, 3.8) is 0 Å². The summed E-state index contributed by atoms with van der Waals surface area (Å²) in [6.07, 6.45) is -1.05. The van der Waals surface area contributed by atoms with Gasteiger partial charge in [0.15, 0.2) is 0 Å². The number of alkyl halides is 1. The smallest absolute Gasteiger partial charge is 0.103 e. The van der Waals surface area contributed by atoms with Crippen LogP contribution < -0.4 is 0 Å². The molecule has 0 heterocycles. The van der Waals surface area contributed by atoms with E-state index in [9.17, 15) is 10.2 Å². The Morgan fingerprint density at radius 2 is 1.42 bits per heavy atom. The quantitative estimate of drug-likeness (QED) is 0.729. The highest BCUT2D eigenvalue weighted by Gasteiger charge is 2.44. The predicted octanol–water partition coefficient (Wildman–Crippen LogP) is 3.14. The highest BCUT2D eigenvalue weighted by Crippen LogP contribution is 2.33. The largest absolute Gasteiger partial charge is 0.396 e. The van der Waals surface area contributed by atoms with Crippen molar-refractivity contribution in [3.05, 3.63) is 71.8 Å². The van der Waals surface area contributed by atoms with E-state index in [0.29, 0.717) is 19.6 Å². The second-order valence-electron chi connectivity index (χ2n) is 6.71. The molecule has 2 aromatic rings. The van der Waals surface area contributed by atoms with Crippen LogP contribution in [0.25, 0.3) is 0 Å². The fourth-order valence-corrected chi connectivity index (χ4v) is 3.76. The fraction of sp³-hybridized carbons (Fsp3) is 0.429. The molecule has 0 unspecified atom stereocenters. The number of hydrogen-bond donors (Lipinski definition) is 2. The van der Waals surface area contributed by atoms with Gasteiger partial charge in [-0.15, -0.1) is 11.6 Å². The maximum atomic E-state index is 10.4. The van der Waals surface area contributed by atoms with Crippen molar-refractivity contribution in [2.24, 2.45) is 5.92 Å². The minimum Gasteiger partial charge on any atom is -0.396 e. The number of aliphatic hydroxyl groups excluding tert-OH is 2. The molecule has 1 aliphatic carbocycles.